The van der Waals surface area contributed by atoms with Gasteiger partial charge in [-0.05, 0) is 30.7 Å². The highest BCUT2D eigenvalue weighted by Gasteiger charge is 2.01. The van der Waals surface area contributed by atoms with Crippen molar-refractivity contribution in [2.75, 3.05) is 0 Å². The van der Waals surface area contributed by atoms with Crippen molar-refractivity contribution in [2.45, 2.75) is 6.92 Å². The maximum atomic E-state index is 6.00. The first-order chi connectivity index (χ1) is 6.68. The van der Waals surface area contributed by atoms with Crippen LogP contribution in [0.15, 0.2) is 28.9 Å². The molecule has 72 valence electrons. The molecular formula is C10H10BrN3. The molecule has 0 fully saturated rings. The lowest BCUT2D eigenvalue weighted by Gasteiger charge is -1.95. The van der Waals surface area contributed by atoms with Crippen molar-refractivity contribution in [2.24, 2.45) is 7.05 Å². The summed E-state index contributed by atoms with van der Waals surface area (Å²) in [5, 5.41) is 13.3. The van der Waals surface area contributed by atoms with Crippen molar-refractivity contribution in [3.05, 3.63) is 34.4 Å². The van der Waals surface area contributed by atoms with E-state index in [0.29, 0.717) is 0 Å². The van der Waals surface area contributed by atoms with E-state index in [1.165, 1.54) is 16.5 Å². The van der Waals surface area contributed by atoms with Gasteiger partial charge < -0.3 is 4.57 Å². The van der Waals surface area contributed by atoms with Gasteiger partial charge in [0.25, 0.3) is 0 Å². The number of nitrogens with zero attached hydrogens (tertiary/aromatic N) is 3. The molecular weight excluding hydrogens is 242 g/mol. The topological polar surface area (TPSA) is 52.5 Å². The van der Waals surface area contributed by atoms with Crippen LogP contribution >= 0.6 is 15.9 Å². The molecule has 0 unspecified atom stereocenters. The molecule has 0 N–H and O–H groups in total. The van der Waals surface area contributed by atoms with E-state index in [2.05, 4.69) is 58.9 Å². The summed E-state index contributed by atoms with van der Waals surface area (Å²) < 4.78 is 3.29. The second-order valence-corrected chi connectivity index (χ2v) is 4.00. The standard InChI is InChI=1S/C10H10BrN.N2/c1-7-6-12(2)10-4-3-8(11)5-9(7)10;1-2/h3-6H,1-2H3;. The van der Waals surface area contributed by atoms with E-state index in [9.17, 15) is 0 Å². The Morgan fingerprint density at radius 2 is 1.93 bits per heavy atom. The zero-order valence-corrected chi connectivity index (χ0v) is 9.62. The maximum absolute atomic E-state index is 6.00. The molecule has 0 aliphatic heterocycles. The van der Waals surface area contributed by atoms with Crippen molar-refractivity contribution < 1.29 is 0 Å². The van der Waals surface area contributed by atoms with Crippen LogP contribution in [0.25, 0.3) is 10.9 Å². The van der Waals surface area contributed by atoms with Gasteiger partial charge in [0, 0.05) is 39.4 Å². The second-order valence-electron chi connectivity index (χ2n) is 3.08. The molecule has 1 aromatic heterocycles. The number of halogens is 1. The maximum Gasteiger partial charge on any atom is 0.0481 e. The molecule has 0 saturated heterocycles. The van der Waals surface area contributed by atoms with Gasteiger partial charge in [0.1, 0.15) is 0 Å². The van der Waals surface area contributed by atoms with Crippen LogP contribution in [0, 0.1) is 17.7 Å². The van der Waals surface area contributed by atoms with Gasteiger partial charge in [-0.25, -0.2) is 0 Å². The molecule has 0 atom stereocenters. The quantitative estimate of drug-likeness (QED) is 0.675. The molecule has 0 radical (unpaired) electrons. The van der Waals surface area contributed by atoms with E-state index in [1.807, 2.05) is 0 Å². The van der Waals surface area contributed by atoms with Gasteiger partial charge in [-0.15, -0.1) is 0 Å². The summed E-state index contributed by atoms with van der Waals surface area (Å²) in [6, 6.07) is 6.36. The number of benzene rings is 1. The van der Waals surface area contributed by atoms with Crippen molar-refractivity contribution in [3.63, 3.8) is 0 Å². The third kappa shape index (κ3) is 1.78. The lowest BCUT2D eigenvalue weighted by atomic mass is 10.2. The summed E-state index contributed by atoms with van der Waals surface area (Å²) in [4.78, 5) is 0. The number of rotatable bonds is 0. The number of hydrogen-bond donors (Lipinski definition) is 0. The minimum Gasteiger partial charge on any atom is -0.350 e. The van der Waals surface area contributed by atoms with Crippen molar-refractivity contribution >= 4 is 26.8 Å². The van der Waals surface area contributed by atoms with E-state index in [4.69, 9.17) is 10.8 Å². The first kappa shape index (κ1) is 10.7. The lowest BCUT2D eigenvalue weighted by Crippen LogP contribution is -1.82. The van der Waals surface area contributed by atoms with Crippen molar-refractivity contribution in [1.82, 2.24) is 4.57 Å². The molecule has 1 heterocycles. The Bertz CT molecular complexity index is 471. The van der Waals surface area contributed by atoms with Crippen LogP contribution in [0.5, 0.6) is 0 Å². The molecule has 14 heavy (non-hydrogen) atoms. The molecule has 0 aliphatic carbocycles. The van der Waals surface area contributed by atoms with Gasteiger partial charge in [-0.3, -0.25) is 0 Å². The van der Waals surface area contributed by atoms with Gasteiger partial charge >= 0.3 is 0 Å². The molecule has 2 rings (SSSR count). The summed E-state index contributed by atoms with van der Waals surface area (Å²) in [5.74, 6) is 0. The third-order valence-electron chi connectivity index (χ3n) is 2.15. The molecule has 2 aromatic rings. The van der Waals surface area contributed by atoms with Gasteiger partial charge in [0.15, 0.2) is 0 Å². The second kappa shape index (κ2) is 4.25. The molecule has 0 spiro atoms. The van der Waals surface area contributed by atoms with Crippen LogP contribution in [0.3, 0.4) is 0 Å². The fraction of sp³-hybridized carbons (Fsp3) is 0.200. The molecule has 1 aromatic carbocycles. The fourth-order valence-electron chi connectivity index (χ4n) is 1.56. The number of fused-ring (bicyclic) bond motifs is 1. The van der Waals surface area contributed by atoms with E-state index >= 15 is 0 Å². The average molecular weight is 252 g/mol. The Morgan fingerprint density at radius 1 is 1.29 bits per heavy atom. The van der Waals surface area contributed by atoms with E-state index in [1.54, 1.807) is 0 Å². The van der Waals surface area contributed by atoms with Crippen molar-refractivity contribution in [1.29, 1.82) is 10.8 Å². The van der Waals surface area contributed by atoms with Crippen molar-refractivity contribution in [3.8, 4) is 0 Å². The van der Waals surface area contributed by atoms with Crippen LogP contribution in [0.4, 0.5) is 0 Å². The summed E-state index contributed by atoms with van der Waals surface area (Å²) in [5.41, 5.74) is 2.62. The average Bonchev–Trinajstić information content (AvgIpc) is 2.46. The van der Waals surface area contributed by atoms with E-state index in [-0.39, 0.29) is 0 Å². The normalized spacial score (nSPS) is 9.50. The Kier molecular flexibility index (Phi) is 3.26. The molecule has 0 saturated carbocycles. The summed E-state index contributed by atoms with van der Waals surface area (Å²) in [7, 11) is 2.07. The highest BCUT2D eigenvalue weighted by Crippen LogP contribution is 2.23. The van der Waals surface area contributed by atoms with Crippen LogP contribution in [-0.4, -0.2) is 4.57 Å². The molecule has 4 heteroatoms. The van der Waals surface area contributed by atoms with Gasteiger partial charge in [-0.1, -0.05) is 15.9 Å². The number of aryl methyl sites for hydroxylation is 2. The van der Waals surface area contributed by atoms with Crippen LogP contribution in [-0.2, 0) is 7.05 Å². The molecule has 0 aliphatic rings. The zero-order chi connectivity index (χ0) is 10.7. The van der Waals surface area contributed by atoms with Gasteiger partial charge in [-0.2, -0.15) is 0 Å². The predicted octanol–water partition coefficient (Wildman–Crippen LogP) is 3.28. The minimum absolute atomic E-state index is 1.14. The van der Waals surface area contributed by atoms with E-state index < -0.39 is 0 Å². The predicted molar refractivity (Wildman–Crippen MR) is 58.8 cm³/mol. The van der Waals surface area contributed by atoms with Crippen LogP contribution in [0.2, 0.25) is 0 Å². The van der Waals surface area contributed by atoms with E-state index in [0.717, 1.165) is 4.47 Å². The Balaban J connectivity index is 0.000000461. The highest BCUT2D eigenvalue weighted by molar-refractivity contribution is 9.10. The van der Waals surface area contributed by atoms with Gasteiger partial charge in [0.05, 0.1) is 0 Å². The number of hydrogen-bond acceptors (Lipinski definition) is 2. The molecule has 0 amide bonds. The summed E-state index contributed by atoms with van der Waals surface area (Å²) in [6.07, 6.45) is 2.15. The summed E-state index contributed by atoms with van der Waals surface area (Å²) >= 11 is 3.47. The Hall–Kier alpha value is -1.34. The van der Waals surface area contributed by atoms with Gasteiger partial charge in [0.2, 0.25) is 0 Å². The molecule has 3 nitrogen and oxygen atoms in total. The highest BCUT2D eigenvalue weighted by atomic mass is 79.9. The lowest BCUT2D eigenvalue weighted by molar-refractivity contribution is 0.964. The first-order valence-electron chi connectivity index (χ1n) is 4.09. The SMILES string of the molecule is Cc1cn(C)c2ccc(Br)cc12.N#N. The zero-order valence-electron chi connectivity index (χ0n) is 8.03. The number of aromatic nitrogens is 1. The minimum atomic E-state index is 1.14. The Labute approximate surface area is 90.9 Å². The largest absolute Gasteiger partial charge is 0.350 e. The van der Waals surface area contributed by atoms with Crippen LogP contribution < -0.4 is 0 Å². The summed E-state index contributed by atoms with van der Waals surface area (Å²) in [6.45, 7) is 2.13. The smallest absolute Gasteiger partial charge is 0.0481 e. The van der Waals surface area contributed by atoms with Crippen LogP contribution in [0.1, 0.15) is 5.56 Å². The Morgan fingerprint density at radius 3 is 2.57 bits per heavy atom. The fourth-order valence-corrected chi connectivity index (χ4v) is 1.92. The third-order valence-corrected chi connectivity index (χ3v) is 2.64. The monoisotopic (exact) mass is 251 g/mol. The first-order valence-corrected chi connectivity index (χ1v) is 4.89. The molecule has 0 bridgehead atoms.